The van der Waals surface area contributed by atoms with Crippen LogP contribution in [0, 0.1) is 6.92 Å². The van der Waals surface area contributed by atoms with Crippen molar-refractivity contribution < 1.29 is 9.59 Å². The van der Waals surface area contributed by atoms with Crippen molar-refractivity contribution in [1.82, 2.24) is 9.80 Å². The second-order valence-electron chi connectivity index (χ2n) is 9.65. The molecule has 4 aromatic rings. The van der Waals surface area contributed by atoms with E-state index in [1.807, 2.05) is 66.4 Å². The Balaban J connectivity index is 1.46. The van der Waals surface area contributed by atoms with Crippen molar-refractivity contribution in [2.75, 3.05) is 13.1 Å². The Kier molecular flexibility index (Phi) is 6.92. The molecule has 2 heterocycles. The summed E-state index contributed by atoms with van der Waals surface area (Å²) in [4.78, 5) is 32.8. The maximum Gasteiger partial charge on any atom is 0.254 e. The van der Waals surface area contributed by atoms with Crippen molar-refractivity contribution in [2.24, 2.45) is 0 Å². The summed E-state index contributed by atoms with van der Waals surface area (Å²) >= 11 is 1.77. The second kappa shape index (κ2) is 10.3. The first kappa shape index (κ1) is 24.3. The van der Waals surface area contributed by atoms with Gasteiger partial charge < -0.3 is 9.80 Å². The minimum absolute atomic E-state index is 0.00505. The summed E-state index contributed by atoms with van der Waals surface area (Å²) in [6.45, 7) is 6.92. The van der Waals surface area contributed by atoms with Gasteiger partial charge in [-0.05, 0) is 77.7 Å². The van der Waals surface area contributed by atoms with E-state index in [1.54, 1.807) is 16.2 Å². The normalized spacial score (nSPS) is 16.0. The molecule has 0 aliphatic carbocycles. The van der Waals surface area contributed by atoms with E-state index in [2.05, 4.69) is 37.4 Å². The van der Waals surface area contributed by atoms with Crippen LogP contribution in [0.25, 0.3) is 10.8 Å². The molecule has 1 aliphatic heterocycles. The average molecular weight is 497 g/mol. The highest BCUT2D eigenvalue weighted by Crippen LogP contribution is 2.39. The Morgan fingerprint density at radius 1 is 1.00 bits per heavy atom. The lowest BCUT2D eigenvalue weighted by molar-refractivity contribution is -0.134. The molecule has 0 N–H and O–H groups in total. The monoisotopic (exact) mass is 496 g/mol. The van der Waals surface area contributed by atoms with Crippen LogP contribution in [0.15, 0.2) is 78.2 Å². The van der Waals surface area contributed by atoms with Crippen LogP contribution in [0.1, 0.15) is 58.2 Å². The molecule has 0 saturated carbocycles. The number of hydrogen-bond acceptors (Lipinski definition) is 3. The van der Waals surface area contributed by atoms with Crippen molar-refractivity contribution in [3.8, 4) is 0 Å². The van der Waals surface area contributed by atoms with Gasteiger partial charge >= 0.3 is 0 Å². The molecule has 1 aliphatic rings. The average Bonchev–Trinajstić information content (AvgIpc) is 3.39. The molecule has 0 fully saturated rings. The Hall–Kier alpha value is -3.44. The third-order valence-electron chi connectivity index (χ3n) is 7.46. The molecule has 5 rings (SSSR count). The molecule has 0 spiro atoms. The molecule has 0 radical (unpaired) electrons. The van der Waals surface area contributed by atoms with E-state index in [4.69, 9.17) is 0 Å². The van der Waals surface area contributed by atoms with E-state index in [-0.39, 0.29) is 30.4 Å². The summed E-state index contributed by atoms with van der Waals surface area (Å²) in [5, 5.41) is 4.25. The fourth-order valence-electron chi connectivity index (χ4n) is 5.19. The van der Waals surface area contributed by atoms with E-state index < -0.39 is 0 Å². The van der Waals surface area contributed by atoms with Crippen LogP contribution in [0.5, 0.6) is 0 Å². The van der Waals surface area contributed by atoms with E-state index >= 15 is 0 Å². The smallest absolute Gasteiger partial charge is 0.254 e. The highest BCUT2D eigenvalue weighted by atomic mass is 32.1. The number of rotatable bonds is 6. The standard InChI is InChI=1S/C31H32N2O2S/c1-4-22(3)33(31(35)25-14-13-23-10-6-7-11-24(23)19-25)20-29(34)32-17-15-28-27(16-18-36-28)30(32)26-12-8-5-9-21(26)2/h5-14,16,18-19,22,30H,4,15,17,20H2,1-3H3. The molecule has 1 aromatic heterocycles. The molecule has 2 atom stereocenters. The van der Waals surface area contributed by atoms with Gasteiger partial charge in [0.1, 0.15) is 6.54 Å². The van der Waals surface area contributed by atoms with Gasteiger partial charge in [-0.15, -0.1) is 11.3 Å². The van der Waals surface area contributed by atoms with Gasteiger partial charge in [-0.1, -0.05) is 61.5 Å². The zero-order valence-electron chi connectivity index (χ0n) is 21.1. The lowest BCUT2D eigenvalue weighted by Crippen LogP contribution is -2.49. The number of fused-ring (bicyclic) bond motifs is 2. The lowest BCUT2D eigenvalue weighted by Gasteiger charge is -2.39. The van der Waals surface area contributed by atoms with E-state index in [9.17, 15) is 9.59 Å². The van der Waals surface area contributed by atoms with E-state index in [0.29, 0.717) is 12.1 Å². The SMILES string of the molecule is CCC(C)N(CC(=O)N1CCc2sccc2C1c1ccccc1C)C(=O)c1ccc2ccccc2c1. The summed E-state index contributed by atoms with van der Waals surface area (Å²) in [5.74, 6) is -0.0985. The number of carbonyl (C=O) groups excluding carboxylic acids is 2. The summed E-state index contributed by atoms with van der Waals surface area (Å²) in [6.07, 6.45) is 1.63. The van der Waals surface area contributed by atoms with Gasteiger partial charge in [-0.3, -0.25) is 9.59 Å². The van der Waals surface area contributed by atoms with Crippen molar-refractivity contribution >= 4 is 33.9 Å². The maximum atomic E-state index is 13.9. The Morgan fingerprint density at radius 3 is 2.53 bits per heavy atom. The minimum atomic E-state index is -0.122. The van der Waals surface area contributed by atoms with Gasteiger partial charge in [-0.2, -0.15) is 0 Å². The number of aryl methyl sites for hydroxylation is 1. The van der Waals surface area contributed by atoms with Crippen molar-refractivity contribution in [1.29, 1.82) is 0 Å². The first-order chi connectivity index (χ1) is 17.5. The summed E-state index contributed by atoms with van der Waals surface area (Å²) in [6, 6.07) is 24.1. The molecule has 2 unspecified atom stereocenters. The molecule has 0 saturated heterocycles. The van der Waals surface area contributed by atoms with Crippen LogP contribution in [0.3, 0.4) is 0 Å². The largest absolute Gasteiger partial charge is 0.330 e. The fraction of sp³-hybridized carbons (Fsp3) is 0.290. The Labute approximate surface area is 217 Å². The van der Waals surface area contributed by atoms with Crippen LogP contribution in [0.4, 0.5) is 0 Å². The summed E-state index contributed by atoms with van der Waals surface area (Å²) in [7, 11) is 0. The van der Waals surface area contributed by atoms with Gasteiger partial charge in [-0.25, -0.2) is 0 Å². The molecule has 36 heavy (non-hydrogen) atoms. The topological polar surface area (TPSA) is 40.6 Å². The van der Waals surface area contributed by atoms with Crippen LogP contribution < -0.4 is 0 Å². The summed E-state index contributed by atoms with van der Waals surface area (Å²) in [5.41, 5.74) is 4.16. The van der Waals surface area contributed by atoms with E-state index in [0.717, 1.165) is 29.2 Å². The molecule has 5 heteroatoms. The number of nitrogens with zero attached hydrogens (tertiary/aromatic N) is 2. The van der Waals surface area contributed by atoms with Crippen molar-refractivity contribution in [3.63, 3.8) is 0 Å². The van der Waals surface area contributed by atoms with Crippen LogP contribution in [0.2, 0.25) is 0 Å². The number of hydrogen-bond donors (Lipinski definition) is 0. The number of amides is 2. The third-order valence-corrected chi connectivity index (χ3v) is 8.45. The third kappa shape index (κ3) is 4.56. The van der Waals surface area contributed by atoms with Gasteiger partial charge in [0.15, 0.2) is 0 Å². The first-order valence-corrected chi connectivity index (χ1v) is 13.6. The molecular weight excluding hydrogens is 464 g/mol. The highest BCUT2D eigenvalue weighted by molar-refractivity contribution is 7.10. The Bertz CT molecular complexity index is 1410. The molecule has 184 valence electrons. The maximum absolute atomic E-state index is 13.9. The first-order valence-electron chi connectivity index (χ1n) is 12.7. The molecule has 3 aromatic carbocycles. The lowest BCUT2D eigenvalue weighted by atomic mass is 9.90. The van der Waals surface area contributed by atoms with Crippen LogP contribution in [-0.2, 0) is 11.2 Å². The predicted molar refractivity (Wildman–Crippen MR) is 147 cm³/mol. The van der Waals surface area contributed by atoms with Crippen LogP contribution in [-0.4, -0.2) is 40.7 Å². The van der Waals surface area contributed by atoms with Crippen molar-refractivity contribution in [2.45, 2.75) is 45.7 Å². The summed E-state index contributed by atoms with van der Waals surface area (Å²) < 4.78 is 0. The highest BCUT2D eigenvalue weighted by Gasteiger charge is 2.35. The molecule has 4 nitrogen and oxygen atoms in total. The number of thiophene rings is 1. The molecular formula is C31H32N2O2S. The molecule has 2 amide bonds. The fourth-order valence-corrected chi connectivity index (χ4v) is 6.09. The number of carbonyl (C=O) groups is 2. The quantitative estimate of drug-likeness (QED) is 0.301. The van der Waals surface area contributed by atoms with Gasteiger partial charge in [0.05, 0.1) is 6.04 Å². The zero-order valence-corrected chi connectivity index (χ0v) is 21.9. The molecule has 0 bridgehead atoms. The number of benzene rings is 3. The van der Waals surface area contributed by atoms with E-state index in [1.165, 1.54) is 16.0 Å². The predicted octanol–water partition coefficient (Wildman–Crippen LogP) is 6.62. The van der Waals surface area contributed by atoms with Gasteiger partial charge in [0.2, 0.25) is 5.91 Å². The van der Waals surface area contributed by atoms with Crippen LogP contribution >= 0.6 is 11.3 Å². The minimum Gasteiger partial charge on any atom is -0.330 e. The van der Waals surface area contributed by atoms with Gasteiger partial charge in [0, 0.05) is 23.0 Å². The second-order valence-corrected chi connectivity index (χ2v) is 10.6. The van der Waals surface area contributed by atoms with Crippen molar-refractivity contribution in [3.05, 3.63) is 105 Å². The van der Waals surface area contributed by atoms with Gasteiger partial charge in [0.25, 0.3) is 5.91 Å². The Morgan fingerprint density at radius 2 is 1.75 bits per heavy atom. The zero-order chi connectivity index (χ0) is 25.2.